The first-order chi connectivity index (χ1) is 16.1. The summed E-state index contributed by atoms with van der Waals surface area (Å²) in [6.07, 6.45) is 2.95. The summed E-state index contributed by atoms with van der Waals surface area (Å²) in [5, 5.41) is 14.2. The van der Waals surface area contributed by atoms with Gasteiger partial charge in [0.1, 0.15) is 5.82 Å². The minimum absolute atomic E-state index is 0.0730. The summed E-state index contributed by atoms with van der Waals surface area (Å²) in [6, 6.07) is 20.4. The number of hydrogen-bond donors (Lipinski definition) is 1. The zero-order chi connectivity index (χ0) is 23.0. The Labute approximate surface area is 193 Å². The van der Waals surface area contributed by atoms with Gasteiger partial charge in [0, 0.05) is 44.4 Å². The fraction of sp³-hybridized carbons (Fsp3) is 0.280. The van der Waals surface area contributed by atoms with Crippen molar-refractivity contribution >= 4 is 23.1 Å². The van der Waals surface area contributed by atoms with Crippen LogP contribution < -0.4 is 10.2 Å². The van der Waals surface area contributed by atoms with E-state index in [4.69, 9.17) is 0 Å². The third-order valence-corrected chi connectivity index (χ3v) is 5.73. The van der Waals surface area contributed by atoms with E-state index in [9.17, 15) is 14.9 Å². The number of amides is 1. The first-order valence-electron chi connectivity index (χ1n) is 11.1. The third-order valence-electron chi connectivity index (χ3n) is 5.73. The monoisotopic (exact) mass is 445 g/mol. The maximum Gasteiger partial charge on any atom is 0.273 e. The lowest BCUT2D eigenvalue weighted by molar-refractivity contribution is -0.385. The number of pyridine rings is 1. The SMILES string of the molecule is O=C(Cc1ccccc1)Nc1ccc(N2CCCN(Cc3ccccc3[N+](=O)[O-])CC2)nc1. The number of hydrogen-bond acceptors (Lipinski definition) is 6. The number of carbonyl (C=O) groups excluding carboxylic acids is 1. The number of nitrogens with zero attached hydrogens (tertiary/aromatic N) is 4. The number of rotatable bonds is 7. The predicted molar refractivity (Wildman–Crippen MR) is 128 cm³/mol. The molecule has 1 fully saturated rings. The smallest absolute Gasteiger partial charge is 0.273 e. The first-order valence-corrected chi connectivity index (χ1v) is 11.1. The Morgan fingerprint density at radius 1 is 0.970 bits per heavy atom. The molecule has 0 aliphatic carbocycles. The first kappa shape index (κ1) is 22.4. The molecular weight excluding hydrogens is 418 g/mol. The van der Waals surface area contributed by atoms with E-state index in [1.807, 2.05) is 54.6 Å². The number of carbonyl (C=O) groups is 1. The van der Waals surface area contributed by atoms with Gasteiger partial charge in [-0.3, -0.25) is 19.8 Å². The highest BCUT2D eigenvalue weighted by molar-refractivity contribution is 5.92. The van der Waals surface area contributed by atoms with Crippen molar-refractivity contribution in [1.82, 2.24) is 9.88 Å². The number of nitrogens with one attached hydrogen (secondary N) is 1. The quantitative estimate of drug-likeness (QED) is 0.438. The van der Waals surface area contributed by atoms with Gasteiger partial charge in [0.15, 0.2) is 0 Å². The zero-order valence-corrected chi connectivity index (χ0v) is 18.4. The normalized spacial score (nSPS) is 14.5. The molecular formula is C25H27N5O3. The van der Waals surface area contributed by atoms with E-state index in [0.29, 0.717) is 18.7 Å². The van der Waals surface area contributed by atoms with Crippen molar-refractivity contribution in [2.45, 2.75) is 19.4 Å². The lowest BCUT2D eigenvalue weighted by Gasteiger charge is -2.23. The number of nitro groups is 1. The molecule has 1 aliphatic heterocycles. The van der Waals surface area contributed by atoms with Crippen LogP contribution in [0.25, 0.3) is 0 Å². The van der Waals surface area contributed by atoms with Gasteiger partial charge in [-0.25, -0.2) is 4.98 Å². The topological polar surface area (TPSA) is 91.6 Å². The molecule has 1 amide bonds. The molecule has 0 bridgehead atoms. The fourth-order valence-electron chi connectivity index (χ4n) is 4.06. The molecule has 1 aromatic heterocycles. The molecule has 3 aromatic rings. The van der Waals surface area contributed by atoms with Crippen LogP contribution in [0.3, 0.4) is 0 Å². The molecule has 0 radical (unpaired) electrons. The van der Waals surface area contributed by atoms with Crippen LogP contribution >= 0.6 is 0 Å². The fourth-order valence-corrected chi connectivity index (χ4v) is 4.06. The van der Waals surface area contributed by atoms with Crippen molar-refractivity contribution in [2.24, 2.45) is 0 Å². The van der Waals surface area contributed by atoms with Crippen molar-refractivity contribution in [3.05, 3.63) is 94.2 Å². The van der Waals surface area contributed by atoms with Gasteiger partial charge in [-0.2, -0.15) is 0 Å². The van der Waals surface area contributed by atoms with Gasteiger partial charge in [-0.05, 0) is 24.1 Å². The molecule has 33 heavy (non-hydrogen) atoms. The van der Waals surface area contributed by atoms with Crippen molar-refractivity contribution in [1.29, 1.82) is 0 Å². The number of para-hydroxylation sites is 1. The van der Waals surface area contributed by atoms with Crippen molar-refractivity contribution in [3.63, 3.8) is 0 Å². The Hall–Kier alpha value is -3.78. The van der Waals surface area contributed by atoms with Gasteiger partial charge in [0.2, 0.25) is 5.91 Å². The van der Waals surface area contributed by atoms with Gasteiger partial charge >= 0.3 is 0 Å². The van der Waals surface area contributed by atoms with Crippen molar-refractivity contribution in [2.75, 3.05) is 36.4 Å². The van der Waals surface area contributed by atoms with Crippen LogP contribution in [-0.4, -0.2) is 46.9 Å². The highest BCUT2D eigenvalue weighted by Gasteiger charge is 2.20. The molecule has 170 valence electrons. The Kier molecular flexibility index (Phi) is 7.26. The minimum atomic E-state index is -0.316. The third kappa shape index (κ3) is 6.14. The summed E-state index contributed by atoms with van der Waals surface area (Å²) in [6.45, 7) is 3.87. The number of aromatic nitrogens is 1. The maximum atomic E-state index is 12.3. The Bertz CT molecular complexity index is 1090. The lowest BCUT2D eigenvalue weighted by atomic mass is 10.1. The molecule has 2 aromatic carbocycles. The van der Waals surface area contributed by atoms with E-state index < -0.39 is 0 Å². The van der Waals surface area contributed by atoms with Crippen LogP contribution in [0.15, 0.2) is 72.9 Å². The largest absolute Gasteiger partial charge is 0.355 e. The second kappa shape index (κ2) is 10.7. The standard InChI is InChI=1S/C25H27N5O3/c31-25(17-20-7-2-1-3-8-20)27-22-11-12-24(26-18-22)29-14-6-13-28(15-16-29)19-21-9-4-5-10-23(21)30(32)33/h1-5,7-12,18H,6,13-17,19H2,(H,27,31). The lowest BCUT2D eigenvalue weighted by Crippen LogP contribution is -2.31. The molecule has 0 spiro atoms. The molecule has 0 unspecified atom stereocenters. The van der Waals surface area contributed by atoms with E-state index in [2.05, 4.69) is 20.1 Å². The highest BCUT2D eigenvalue weighted by Crippen LogP contribution is 2.21. The van der Waals surface area contributed by atoms with Crippen LogP contribution in [0.4, 0.5) is 17.2 Å². The molecule has 0 saturated carbocycles. The average molecular weight is 446 g/mol. The van der Waals surface area contributed by atoms with E-state index in [0.717, 1.165) is 49.5 Å². The van der Waals surface area contributed by atoms with Gasteiger partial charge in [-0.15, -0.1) is 0 Å². The van der Waals surface area contributed by atoms with Crippen molar-refractivity contribution in [3.8, 4) is 0 Å². The molecule has 8 heteroatoms. The second-order valence-electron chi connectivity index (χ2n) is 8.12. The summed E-state index contributed by atoms with van der Waals surface area (Å²) >= 11 is 0. The molecule has 0 atom stereocenters. The molecule has 8 nitrogen and oxygen atoms in total. The minimum Gasteiger partial charge on any atom is -0.355 e. The summed E-state index contributed by atoms with van der Waals surface area (Å²) in [7, 11) is 0. The average Bonchev–Trinajstić information content (AvgIpc) is 3.06. The van der Waals surface area contributed by atoms with Crippen LogP contribution in [0.1, 0.15) is 17.5 Å². The van der Waals surface area contributed by atoms with Crippen molar-refractivity contribution < 1.29 is 9.72 Å². The molecule has 1 N–H and O–H groups in total. The Morgan fingerprint density at radius 3 is 2.52 bits per heavy atom. The van der Waals surface area contributed by atoms with Crippen LogP contribution in [0, 0.1) is 10.1 Å². The van der Waals surface area contributed by atoms with E-state index in [-0.39, 0.29) is 16.5 Å². The van der Waals surface area contributed by atoms with Gasteiger partial charge < -0.3 is 10.2 Å². The number of nitro benzene ring substituents is 1. The van der Waals surface area contributed by atoms with E-state index >= 15 is 0 Å². The second-order valence-corrected chi connectivity index (χ2v) is 8.12. The van der Waals surface area contributed by atoms with E-state index in [1.165, 1.54) is 0 Å². The summed E-state index contributed by atoms with van der Waals surface area (Å²) in [5.74, 6) is 0.791. The van der Waals surface area contributed by atoms with Gasteiger partial charge in [-0.1, -0.05) is 48.5 Å². The summed E-state index contributed by atoms with van der Waals surface area (Å²) in [5.41, 5.74) is 2.55. The molecule has 4 rings (SSSR count). The predicted octanol–water partition coefficient (Wildman–Crippen LogP) is 3.88. The van der Waals surface area contributed by atoms with Crippen LogP contribution in [0.2, 0.25) is 0 Å². The molecule has 1 saturated heterocycles. The molecule has 1 aliphatic rings. The number of benzene rings is 2. The number of anilines is 2. The van der Waals surface area contributed by atoms with Gasteiger partial charge in [0.25, 0.3) is 5.69 Å². The molecule has 2 heterocycles. The summed E-state index contributed by atoms with van der Waals surface area (Å²) < 4.78 is 0. The zero-order valence-electron chi connectivity index (χ0n) is 18.4. The Morgan fingerprint density at radius 2 is 1.76 bits per heavy atom. The van der Waals surface area contributed by atoms with Crippen LogP contribution in [-0.2, 0) is 17.8 Å². The maximum absolute atomic E-state index is 12.3. The van der Waals surface area contributed by atoms with Gasteiger partial charge in [0.05, 0.1) is 23.2 Å². The van der Waals surface area contributed by atoms with E-state index in [1.54, 1.807) is 18.3 Å². The summed E-state index contributed by atoms with van der Waals surface area (Å²) in [4.78, 5) is 32.3. The Balaban J connectivity index is 1.32. The highest BCUT2D eigenvalue weighted by atomic mass is 16.6. The van der Waals surface area contributed by atoms with Crippen LogP contribution in [0.5, 0.6) is 0 Å².